The zero-order valence-corrected chi connectivity index (χ0v) is 19.5. The number of carboxylic acids is 1. The molecule has 4 heteroatoms. The minimum atomic E-state index is -0.988. The van der Waals surface area contributed by atoms with Crippen molar-refractivity contribution in [2.75, 3.05) is 5.32 Å². The van der Waals surface area contributed by atoms with Crippen molar-refractivity contribution in [2.24, 2.45) is 5.41 Å². The summed E-state index contributed by atoms with van der Waals surface area (Å²) in [6.45, 7) is 4.68. The van der Waals surface area contributed by atoms with Gasteiger partial charge in [-0.2, -0.15) is 0 Å². The van der Waals surface area contributed by atoms with Crippen molar-refractivity contribution in [1.82, 2.24) is 0 Å². The number of hydrogen-bond acceptors (Lipinski definition) is 2. The fraction of sp³-hybridized carbons (Fsp3) is 0.393. The Kier molecular flexibility index (Phi) is 5.01. The van der Waals surface area contributed by atoms with Gasteiger partial charge in [0, 0.05) is 16.1 Å². The number of carbonyl (C=O) groups is 1. The first-order valence-corrected chi connectivity index (χ1v) is 11.9. The molecule has 0 aromatic heterocycles. The number of fused-ring (bicyclic) bond motifs is 2. The first-order valence-electron chi connectivity index (χ1n) is 11.6. The zero-order valence-electron chi connectivity index (χ0n) is 18.7. The van der Waals surface area contributed by atoms with Crippen LogP contribution in [-0.2, 0) is 10.2 Å². The van der Waals surface area contributed by atoms with E-state index in [1.807, 2.05) is 12.1 Å². The van der Waals surface area contributed by atoms with Gasteiger partial charge < -0.3 is 10.4 Å². The third-order valence-corrected chi connectivity index (χ3v) is 8.24. The zero-order chi connectivity index (χ0) is 22.6. The summed E-state index contributed by atoms with van der Waals surface area (Å²) in [6, 6.07) is 16.0. The molecule has 32 heavy (non-hydrogen) atoms. The molecule has 0 unspecified atom stereocenters. The molecule has 2 N–H and O–H groups in total. The number of carboxylic acid groups (broad SMARTS) is 1. The van der Waals surface area contributed by atoms with Gasteiger partial charge >= 0.3 is 5.97 Å². The van der Waals surface area contributed by atoms with Gasteiger partial charge in [-0.25, -0.2) is 4.79 Å². The van der Waals surface area contributed by atoms with Gasteiger partial charge in [0.05, 0.1) is 0 Å². The maximum atomic E-state index is 12.5. The van der Waals surface area contributed by atoms with Crippen LogP contribution in [-0.4, -0.2) is 16.6 Å². The first kappa shape index (κ1) is 21.3. The van der Waals surface area contributed by atoms with E-state index in [4.69, 9.17) is 11.6 Å². The van der Waals surface area contributed by atoms with E-state index in [1.54, 1.807) is 12.1 Å². The van der Waals surface area contributed by atoms with Crippen molar-refractivity contribution in [1.29, 1.82) is 0 Å². The summed E-state index contributed by atoms with van der Waals surface area (Å²) in [4.78, 5) is 12.5. The van der Waals surface area contributed by atoms with Crippen LogP contribution in [0, 0.1) is 5.41 Å². The lowest BCUT2D eigenvalue weighted by Crippen LogP contribution is -2.52. The van der Waals surface area contributed by atoms with Crippen LogP contribution in [0.3, 0.4) is 0 Å². The third kappa shape index (κ3) is 3.29. The molecule has 2 aromatic carbocycles. The number of nitrogens with one attached hydrogen (secondary N) is 1. The Hall–Kier alpha value is -2.52. The second kappa shape index (κ2) is 7.52. The maximum Gasteiger partial charge on any atom is 0.329 e. The Morgan fingerprint density at radius 3 is 2.38 bits per heavy atom. The molecule has 0 atom stereocenters. The van der Waals surface area contributed by atoms with E-state index in [-0.39, 0.29) is 10.8 Å². The van der Waals surface area contributed by atoms with E-state index in [1.165, 1.54) is 28.7 Å². The number of hydrogen-bond donors (Lipinski definition) is 2. The van der Waals surface area contributed by atoms with Gasteiger partial charge in [-0.05, 0) is 84.4 Å². The molecule has 0 saturated heterocycles. The molecule has 0 radical (unpaired) electrons. The smallest absolute Gasteiger partial charge is 0.329 e. The second-order valence-electron chi connectivity index (χ2n) is 10.3. The van der Waals surface area contributed by atoms with Crippen molar-refractivity contribution < 1.29 is 9.90 Å². The Morgan fingerprint density at radius 1 is 0.969 bits per heavy atom. The third-order valence-electron chi connectivity index (χ3n) is 8.00. The fourth-order valence-electron chi connectivity index (χ4n) is 6.17. The Balaban J connectivity index is 1.51. The van der Waals surface area contributed by atoms with Crippen molar-refractivity contribution in [3.63, 3.8) is 0 Å². The summed E-state index contributed by atoms with van der Waals surface area (Å²) in [7, 11) is 0. The van der Waals surface area contributed by atoms with Crippen LogP contribution in [0.25, 0.3) is 6.08 Å². The minimum absolute atomic E-state index is 0.112. The molecule has 0 bridgehead atoms. The molecule has 3 aliphatic rings. The summed E-state index contributed by atoms with van der Waals surface area (Å²) in [6.07, 6.45) is 9.83. The summed E-state index contributed by atoms with van der Waals surface area (Å²) in [5.74, 6) is -0.787. The standard InChI is InChI=1S/C28H30ClNO2/c1-26(2)12-6-11-23(26)24-17-19-7-3-4-10-22(19)27(24)13-15-28(16-14-27,25(31)32)30-21-9-5-8-20(29)18-21/h3-5,7-11,17-18,30H,6,12-16H2,1-2H3,(H,31,32). The summed E-state index contributed by atoms with van der Waals surface area (Å²) in [5, 5.41) is 14.2. The first-order chi connectivity index (χ1) is 15.3. The summed E-state index contributed by atoms with van der Waals surface area (Å²) < 4.78 is 0. The van der Waals surface area contributed by atoms with Crippen molar-refractivity contribution >= 4 is 29.3 Å². The fourth-order valence-corrected chi connectivity index (χ4v) is 6.36. The SMILES string of the molecule is CC1(C)CCC=C1C1=Cc2ccccc2C12CCC(Nc1cccc(Cl)c1)(C(=O)O)CC2. The number of allylic oxidation sites excluding steroid dienone is 3. The van der Waals surface area contributed by atoms with Crippen molar-refractivity contribution in [2.45, 2.75) is 63.3 Å². The largest absolute Gasteiger partial charge is 0.480 e. The average molecular weight is 448 g/mol. The Morgan fingerprint density at radius 2 is 1.72 bits per heavy atom. The number of anilines is 1. The van der Waals surface area contributed by atoms with Gasteiger partial charge in [0.2, 0.25) is 0 Å². The number of rotatable bonds is 4. The van der Waals surface area contributed by atoms with Crippen molar-refractivity contribution in [3.05, 3.63) is 81.9 Å². The quantitative estimate of drug-likeness (QED) is 0.519. The lowest BCUT2D eigenvalue weighted by molar-refractivity contribution is -0.143. The molecule has 5 rings (SSSR count). The Labute approximate surface area is 195 Å². The van der Waals surface area contributed by atoms with E-state index in [9.17, 15) is 9.90 Å². The van der Waals surface area contributed by atoms with Crippen LogP contribution in [0.4, 0.5) is 5.69 Å². The van der Waals surface area contributed by atoms with E-state index in [2.05, 4.69) is 55.6 Å². The maximum absolute atomic E-state index is 12.5. The topological polar surface area (TPSA) is 49.3 Å². The van der Waals surface area contributed by atoms with Crippen LogP contribution < -0.4 is 5.32 Å². The number of benzene rings is 2. The number of halogens is 1. The number of aliphatic carboxylic acids is 1. The van der Waals surface area contributed by atoms with Gasteiger partial charge in [-0.3, -0.25) is 0 Å². The lowest BCUT2D eigenvalue weighted by Gasteiger charge is -2.46. The van der Waals surface area contributed by atoms with Gasteiger partial charge in [0.25, 0.3) is 0 Å². The molecular formula is C28H30ClNO2. The highest BCUT2D eigenvalue weighted by molar-refractivity contribution is 6.30. The molecule has 1 spiro atoms. The molecule has 2 aromatic rings. The predicted molar refractivity (Wildman–Crippen MR) is 131 cm³/mol. The minimum Gasteiger partial charge on any atom is -0.480 e. The van der Waals surface area contributed by atoms with Crippen LogP contribution >= 0.6 is 11.6 Å². The van der Waals surface area contributed by atoms with E-state index in [0.29, 0.717) is 17.9 Å². The molecule has 166 valence electrons. The molecule has 3 nitrogen and oxygen atoms in total. The Bertz CT molecular complexity index is 1140. The van der Waals surface area contributed by atoms with Crippen LogP contribution in [0.2, 0.25) is 5.02 Å². The van der Waals surface area contributed by atoms with E-state index >= 15 is 0 Å². The van der Waals surface area contributed by atoms with Gasteiger partial charge in [0.15, 0.2) is 0 Å². The second-order valence-corrected chi connectivity index (χ2v) is 10.7. The van der Waals surface area contributed by atoms with E-state index in [0.717, 1.165) is 24.9 Å². The lowest BCUT2D eigenvalue weighted by atomic mass is 9.59. The van der Waals surface area contributed by atoms with Crippen molar-refractivity contribution in [3.8, 4) is 0 Å². The van der Waals surface area contributed by atoms with Gasteiger partial charge in [-0.15, -0.1) is 0 Å². The van der Waals surface area contributed by atoms with E-state index < -0.39 is 11.5 Å². The molecule has 3 aliphatic carbocycles. The molecule has 0 heterocycles. The molecule has 1 fully saturated rings. The highest BCUT2D eigenvalue weighted by Crippen LogP contribution is 2.59. The predicted octanol–water partition coefficient (Wildman–Crippen LogP) is 7.23. The highest BCUT2D eigenvalue weighted by atomic mass is 35.5. The molecular weight excluding hydrogens is 418 g/mol. The summed E-state index contributed by atoms with van der Waals surface area (Å²) >= 11 is 6.16. The molecule has 1 saturated carbocycles. The molecule has 0 amide bonds. The van der Waals surface area contributed by atoms with Gasteiger partial charge in [0.1, 0.15) is 5.54 Å². The monoisotopic (exact) mass is 447 g/mol. The molecule has 0 aliphatic heterocycles. The van der Waals surface area contributed by atoms with Crippen LogP contribution in [0.15, 0.2) is 65.8 Å². The van der Waals surface area contributed by atoms with Gasteiger partial charge in [-0.1, -0.05) is 67.9 Å². The summed E-state index contributed by atoms with van der Waals surface area (Å²) in [5.41, 5.74) is 5.34. The van der Waals surface area contributed by atoms with Crippen LogP contribution in [0.1, 0.15) is 63.5 Å². The van der Waals surface area contributed by atoms with Crippen LogP contribution in [0.5, 0.6) is 0 Å². The normalized spacial score (nSPS) is 28.2. The average Bonchev–Trinajstić information content (AvgIpc) is 3.26. The highest BCUT2D eigenvalue weighted by Gasteiger charge is 2.53.